The lowest BCUT2D eigenvalue weighted by molar-refractivity contribution is -0.938. The number of fused-ring (bicyclic) bond motifs is 4. The van der Waals surface area contributed by atoms with E-state index in [0.717, 1.165) is 79.7 Å². The van der Waals surface area contributed by atoms with Gasteiger partial charge in [-0.25, -0.2) is 4.79 Å². The second-order valence-corrected chi connectivity index (χ2v) is 17.1. The van der Waals surface area contributed by atoms with Crippen LogP contribution in [0.3, 0.4) is 0 Å². The zero-order chi connectivity index (χ0) is 44.3. The van der Waals surface area contributed by atoms with Crippen molar-refractivity contribution in [2.75, 3.05) is 45.9 Å². The SMILES string of the molecule is O=C(NC(c1ccccc1)c1cccc(OCc2cccc(OCCCCCNCC(O)c3ccc(O)c4[nH]c(=O)ccc34)c2)c1)O[C@H]1C[N+]2(CC(=O)c3ccccc3)CCC1CC2. The quantitative estimate of drug-likeness (QED) is 0.0291. The number of Topliss-reactive ketones (excluding diaryl/α,β-unsaturated/α-hetero) is 1. The van der Waals surface area contributed by atoms with Gasteiger partial charge >= 0.3 is 6.09 Å². The van der Waals surface area contributed by atoms with E-state index in [1.54, 1.807) is 12.1 Å². The molecule has 4 heterocycles. The van der Waals surface area contributed by atoms with Gasteiger partial charge in [0.15, 0.2) is 6.10 Å². The molecule has 332 valence electrons. The van der Waals surface area contributed by atoms with Crippen LogP contribution in [0.2, 0.25) is 0 Å². The number of nitrogens with one attached hydrogen (secondary N) is 3. The second kappa shape index (κ2) is 20.8. The summed E-state index contributed by atoms with van der Waals surface area (Å²) in [5.74, 6) is 1.82. The van der Waals surface area contributed by atoms with E-state index < -0.39 is 18.2 Å². The molecule has 5 N–H and O–H groups in total. The number of aromatic amines is 1. The molecule has 3 fully saturated rings. The molecule has 3 aliphatic heterocycles. The Hall–Kier alpha value is -6.47. The molecule has 3 saturated heterocycles. The number of phenols is 1. The van der Waals surface area contributed by atoms with Crippen LogP contribution in [0.5, 0.6) is 17.2 Å². The summed E-state index contributed by atoms with van der Waals surface area (Å²) in [6, 6.07) is 40.6. The van der Waals surface area contributed by atoms with Crippen molar-refractivity contribution in [3.05, 3.63) is 172 Å². The Bertz CT molecular complexity index is 2560. The molecular weight excluding hydrogens is 809 g/mol. The molecule has 12 heteroatoms. The Morgan fingerprint density at radius 3 is 2.31 bits per heavy atom. The number of pyridine rings is 1. The Morgan fingerprint density at radius 2 is 1.52 bits per heavy atom. The van der Waals surface area contributed by atoms with E-state index in [1.165, 1.54) is 12.1 Å². The molecule has 0 saturated carbocycles. The molecule has 0 spiro atoms. The Kier molecular flexibility index (Phi) is 14.4. The maximum absolute atomic E-state index is 13.7. The average molecular weight is 866 g/mol. The third kappa shape index (κ3) is 11.2. The van der Waals surface area contributed by atoms with Crippen molar-refractivity contribution in [3.63, 3.8) is 0 Å². The molecule has 2 unspecified atom stereocenters. The number of piperidine rings is 3. The van der Waals surface area contributed by atoms with E-state index in [9.17, 15) is 24.6 Å². The number of benzene rings is 5. The lowest BCUT2D eigenvalue weighted by Crippen LogP contribution is -2.66. The number of amides is 1. The highest BCUT2D eigenvalue weighted by atomic mass is 16.6. The minimum Gasteiger partial charge on any atom is -0.506 e. The van der Waals surface area contributed by atoms with E-state index in [1.807, 2.05) is 109 Å². The number of hydrogen-bond acceptors (Lipinski definition) is 9. The van der Waals surface area contributed by atoms with Gasteiger partial charge in [-0.1, -0.05) is 91.0 Å². The summed E-state index contributed by atoms with van der Waals surface area (Å²) in [4.78, 5) is 41.3. The van der Waals surface area contributed by atoms with Crippen LogP contribution in [-0.2, 0) is 11.3 Å². The number of nitrogens with zero attached hydrogens (tertiary/aromatic N) is 1. The first kappa shape index (κ1) is 44.1. The van der Waals surface area contributed by atoms with Crippen molar-refractivity contribution in [3.8, 4) is 17.2 Å². The highest BCUT2D eigenvalue weighted by Gasteiger charge is 2.48. The highest BCUT2D eigenvalue weighted by Crippen LogP contribution is 2.36. The molecule has 64 heavy (non-hydrogen) atoms. The number of aliphatic hydroxyl groups is 1. The smallest absolute Gasteiger partial charge is 0.408 e. The number of aliphatic hydroxyl groups excluding tert-OH is 1. The zero-order valence-corrected chi connectivity index (χ0v) is 36.0. The van der Waals surface area contributed by atoms with Gasteiger partial charge in [-0.2, -0.15) is 0 Å². The van der Waals surface area contributed by atoms with Crippen molar-refractivity contribution in [1.29, 1.82) is 0 Å². The number of carbonyl (C=O) groups excluding carboxylic acids is 2. The minimum absolute atomic E-state index is 0.0319. The molecule has 9 rings (SSSR count). The maximum Gasteiger partial charge on any atom is 0.408 e. The van der Waals surface area contributed by atoms with E-state index in [4.69, 9.17) is 14.2 Å². The lowest BCUT2D eigenvalue weighted by atomic mass is 9.83. The fourth-order valence-electron chi connectivity index (χ4n) is 9.18. The number of aromatic hydroxyl groups is 1. The number of phenolic OH excluding ortho intramolecular Hbond substituents is 1. The van der Waals surface area contributed by atoms with E-state index >= 15 is 0 Å². The van der Waals surface area contributed by atoms with Crippen LogP contribution in [-0.4, -0.2) is 83.5 Å². The van der Waals surface area contributed by atoms with Crippen molar-refractivity contribution < 1.29 is 38.5 Å². The Morgan fingerprint density at radius 1 is 0.781 bits per heavy atom. The summed E-state index contributed by atoms with van der Waals surface area (Å²) in [6.45, 7) is 4.87. The Labute approximate surface area is 373 Å². The van der Waals surface area contributed by atoms with E-state index in [0.29, 0.717) is 59.5 Å². The van der Waals surface area contributed by atoms with Gasteiger partial charge in [-0.3, -0.25) is 9.59 Å². The number of H-pyrrole nitrogens is 1. The van der Waals surface area contributed by atoms with E-state index in [-0.39, 0.29) is 29.1 Å². The average Bonchev–Trinajstić information content (AvgIpc) is 3.32. The van der Waals surface area contributed by atoms with Gasteiger partial charge in [0.05, 0.1) is 37.4 Å². The Balaban J connectivity index is 0.794. The summed E-state index contributed by atoms with van der Waals surface area (Å²) in [7, 11) is 0. The van der Waals surface area contributed by atoms with Crippen molar-refractivity contribution in [2.24, 2.45) is 5.92 Å². The van der Waals surface area contributed by atoms with Crippen molar-refractivity contribution in [2.45, 2.75) is 57.0 Å². The largest absolute Gasteiger partial charge is 0.506 e. The molecule has 3 atom stereocenters. The van der Waals surface area contributed by atoms with Crippen LogP contribution in [0.25, 0.3) is 10.9 Å². The first-order valence-electron chi connectivity index (χ1n) is 22.4. The van der Waals surface area contributed by atoms with Gasteiger partial charge in [0.2, 0.25) is 11.3 Å². The molecule has 12 nitrogen and oxygen atoms in total. The predicted molar refractivity (Wildman–Crippen MR) is 246 cm³/mol. The van der Waals surface area contributed by atoms with Crippen LogP contribution in [0.4, 0.5) is 4.79 Å². The first-order chi connectivity index (χ1) is 31.2. The summed E-state index contributed by atoms with van der Waals surface area (Å²) in [5.41, 5.74) is 4.11. The number of aromatic nitrogens is 1. The third-order valence-corrected chi connectivity index (χ3v) is 12.6. The van der Waals surface area contributed by atoms with Crippen LogP contribution >= 0.6 is 0 Å². The monoisotopic (exact) mass is 865 g/mol. The van der Waals surface area contributed by atoms with Gasteiger partial charge in [-0.05, 0) is 84.5 Å². The number of ether oxygens (including phenoxy) is 3. The predicted octanol–water partition coefficient (Wildman–Crippen LogP) is 7.99. The standard InChI is InChI=1S/C52H56N4O8/c57-45-22-20-43(44-21-23-49(60)54-51(44)45)46(58)32-53-26-8-3-9-29-62-41-18-10-12-36(30-41)35-63-42-19-11-17-40(31-42)50(39-15-6-2-7-16-39)55-52(61)64-48-34-56(27-24-38(48)25-28-56)33-47(59)37-13-4-1-5-14-37/h1-2,4-7,10-23,30-31,38,46,48,50,53,58H,3,8-9,24-29,32-35H2,(H2-,54,55,57,60,61)/p+1/t38?,46?,48-,50?,56?/m0/s1. The molecule has 2 bridgehead atoms. The number of carbonyl (C=O) groups is 2. The number of hydrogen-bond donors (Lipinski definition) is 5. The van der Waals surface area contributed by atoms with Gasteiger partial charge in [0.1, 0.15) is 36.9 Å². The minimum atomic E-state index is -0.794. The number of rotatable bonds is 20. The number of quaternary nitrogens is 1. The summed E-state index contributed by atoms with van der Waals surface area (Å²) in [5, 5.41) is 28.0. The number of alkyl carbamates (subject to hydrolysis) is 1. The maximum atomic E-state index is 13.7. The van der Waals surface area contributed by atoms with E-state index in [2.05, 4.69) is 15.6 Å². The molecule has 0 radical (unpaired) electrons. The highest BCUT2D eigenvalue weighted by molar-refractivity contribution is 5.97. The van der Waals surface area contributed by atoms with Gasteiger partial charge in [0, 0.05) is 42.3 Å². The third-order valence-electron chi connectivity index (χ3n) is 12.6. The van der Waals surface area contributed by atoms with Gasteiger partial charge in [0.25, 0.3) is 0 Å². The second-order valence-electron chi connectivity index (χ2n) is 17.1. The van der Waals surface area contributed by atoms with Crippen LogP contribution < -0.4 is 25.7 Å². The molecule has 0 aliphatic carbocycles. The summed E-state index contributed by atoms with van der Waals surface area (Å²) in [6.07, 6.45) is 3.05. The zero-order valence-electron chi connectivity index (χ0n) is 36.0. The molecular formula is C52H57N4O8+. The normalized spacial score (nSPS) is 18.8. The van der Waals surface area contributed by atoms with Crippen molar-refractivity contribution >= 4 is 22.8 Å². The molecule has 5 aromatic carbocycles. The van der Waals surface area contributed by atoms with Gasteiger partial charge < -0.3 is 44.5 Å². The molecule has 3 aliphatic rings. The molecule has 1 aromatic heterocycles. The molecule has 6 aromatic rings. The fraction of sp³-hybridized carbons (Fsp3) is 0.327. The number of ketones is 1. The van der Waals surface area contributed by atoms with Crippen molar-refractivity contribution in [1.82, 2.24) is 15.6 Å². The van der Waals surface area contributed by atoms with Crippen LogP contribution in [0.15, 0.2) is 138 Å². The van der Waals surface area contributed by atoms with Crippen LogP contribution in [0, 0.1) is 5.92 Å². The fourth-order valence-corrected chi connectivity index (χ4v) is 9.18. The summed E-state index contributed by atoms with van der Waals surface area (Å²) < 4.78 is 19.2. The molecule has 1 amide bonds. The van der Waals surface area contributed by atoms with Gasteiger partial charge in [-0.15, -0.1) is 0 Å². The topological polar surface area (TPSA) is 159 Å². The first-order valence-corrected chi connectivity index (χ1v) is 22.4. The summed E-state index contributed by atoms with van der Waals surface area (Å²) >= 11 is 0. The lowest BCUT2D eigenvalue weighted by Gasteiger charge is -2.51. The van der Waals surface area contributed by atoms with Crippen LogP contribution in [0.1, 0.15) is 76.9 Å². The number of unbranched alkanes of at least 4 members (excludes halogenated alkanes) is 2.